The van der Waals surface area contributed by atoms with Crippen molar-refractivity contribution in [2.75, 3.05) is 0 Å². The van der Waals surface area contributed by atoms with E-state index in [0.29, 0.717) is 5.82 Å². The highest BCUT2D eigenvalue weighted by molar-refractivity contribution is 8.22. The molecule has 7 heteroatoms. The van der Waals surface area contributed by atoms with Gasteiger partial charge in [-0.05, 0) is 6.92 Å². The average molecular weight is 221 g/mol. The van der Waals surface area contributed by atoms with Gasteiger partial charge in [-0.3, -0.25) is 9.11 Å². The van der Waals surface area contributed by atoms with Gasteiger partial charge in [0.1, 0.15) is 5.82 Å². The summed E-state index contributed by atoms with van der Waals surface area (Å²) in [6.45, 7) is 1.57. The molecular weight excluding hydrogens is 209 g/mol. The Labute approximate surface area is 82.7 Å². The maximum absolute atomic E-state index is 12.4. The van der Waals surface area contributed by atoms with Gasteiger partial charge in [-0.25, -0.2) is 19.5 Å². The molecule has 0 bridgehead atoms. The third-order valence-corrected chi connectivity index (χ3v) is 3.09. The van der Waals surface area contributed by atoms with Crippen molar-refractivity contribution in [2.45, 2.75) is 18.6 Å². The Hall–Kier alpha value is -0.760. The molecule has 1 rings (SSSR count). The van der Waals surface area contributed by atoms with Crippen LogP contribution in [0.3, 0.4) is 0 Å². The van der Waals surface area contributed by atoms with Crippen molar-refractivity contribution >= 4 is 10.8 Å². The van der Waals surface area contributed by atoms with Crippen LogP contribution in [-0.4, -0.2) is 24.3 Å². The van der Waals surface area contributed by atoms with Crippen LogP contribution >= 0.6 is 10.8 Å². The number of hydrogen-bond donors (Lipinski definition) is 3. The molecule has 1 unspecified atom stereocenters. The lowest BCUT2D eigenvalue weighted by molar-refractivity contribution is 0.472. The Kier molecular flexibility index (Phi) is 3.38. The van der Waals surface area contributed by atoms with E-state index in [4.69, 9.17) is 14.2 Å². The third kappa shape index (κ3) is 3.18. The number of halogens is 1. The molecule has 1 heterocycles. The van der Waals surface area contributed by atoms with Gasteiger partial charge in [0.2, 0.25) is 0 Å². The summed E-state index contributed by atoms with van der Waals surface area (Å²) in [5, 5.41) is 4.57. The standard InChI is InChI=1S/C7H12FN3O2S/c1-5(14(9,12)13)2-7-10-3-6(8)4-11-7/h3-5,12-13H,2,9H2,1H3. The highest BCUT2D eigenvalue weighted by Gasteiger charge is 2.18. The molecule has 0 radical (unpaired) electrons. The van der Waals surface area contributed by atoms with Crippen molar-refractivity contribution in [2.24, 2.45) is 5.14 Å². The first-order valence-corrected chi connectivity index (χ1v) is 5.58. The van der Waals surface area contributed by atoms with Gasteiger partial charge >= 0.3 is 0 Å². The molecule has 80 valence electrons. The van der Waals surface area contributed by atoms with Crippen molar-refractivity contribution in [3.8, 4) is 0 Å². The zero-order chi connectivity index (χ0) is 10.8. The quantitative estimate of drug-likeness (QED) is 0.712. The Balaban J connectivity index is 2.65. The molecule has 0 spiro atoms. The topological polar surface area (TPSA) is 92.3 Å². The molecule has 0 amide bonds. The summed E-state index contributed by atoms with van der Waals surface area (Å²) in [6, 6.07) is 0. The normalized spacial score (nSPS) is 15.2. The summed E-state index contributed by atoms with van der Waals surface area (Å²) in [5.41, 5.74) is 0. The lowest BCUT2D eigenvalue weighted by atomic mass is 10.3. The second kappa shape index (κ2) is 4.18. The molecule has 0 fully saturated rings. The van der Waals surface area contributed by atoms with E-state index in [1.54, 1.807) is 6.92 Å². The lowest BCUT2D eigenvalue weighted by Crippen LogP contribution is -2.24. The minimum absolute atomic E-state index is 0.207. The minimum atomic E-state index is -3.08. The Morgan fingerprint density at radius 2 is 2.00 bits per heavy atom. The Bertz CT molecular complexity index is 301. The second-order valence-corrected chi connectivity index (χ2v) is 5.06. The smallest absolute Gasteiger partial charge is 0.159 e. The van der Waals surface area contributed by atoms with Crippen LogP contribution in [-0.2, 0) is 6.42 Å². The van der Waals surface area contributed by atoms with Crippen LogP contribution in [0.4, 0.5) is 4.39 Å². The van der Waals surface area contributed by atoms with Crippen LogP contribution in [0.15, 0.2) is 12.4 Å². The Morgan fingerprint density at radius 1 is 1.50 bits per heavy atom. The number of nitrogens with two attached hydrogens (primary N) is 1. The summed E-state index contributed by atoms with van der Waals surface area (Å²) in [6.07, 6.45) is 2.26. The fourth-order valence-electron chi connectivity index (χ4n) is 0.824. The second-order valence-electron chi connectivity index (χ2n) is 2.97. The number of aromatic nitrogens is 2. The zero-order valence-corrected chi connectivity index (χ0v) is 8.41. The van der Waals surface area contributed by atoms with Crippen molar-refractivity contribution < 1.29 is 13.5 Å². The number of hydrogen-bond acceptors (Lipinski definition) is 5. The molecule has 0 aliphatic carbocycles. The summed E-state index contributed by atoms with van der Waals surface area (Å²) in [7, 11) is -3.08. The van der Waals surface area contributed by atoms with E-state index in [9.17, 15) is 4.39 Å². The van der Waals surface area contributed by atoms with E-state index in [-0.39, 0.29) is 6.42 Å². The van der Waals surface area contributed by atoms with Gasteiger partial charge in [-0.2, -0.15) is 0 Å². The number of nitrogens with zero attached hydrogens (tertiary/aromatic N) is 2. The van der Waals surface area contributed by atoms with Gasteiger partial charge < -0.3 is 0 Å². The van der Waals surface area contributed by atoms with E-state index < -0.39 is 21.8 Å². The fourth-order valence-corrected chi connectivity index (χ4v) is 1.22. The van der Waals surface area contributed by atoms with Gasteiger partial charge in [-0.1, -0.05) is 0 Å². The predicted octanol–water partition coefficient (Wildman–Crippen LogP) is 1.17. The third-order valence-electron chi connectivity index (χ3n) is 1.74. The van der Waals surface area contributed by atoms with Gasteiger partial charge in [0.05, 0.1) is 17.6 Å². The molecule has 14 heavy (non-hydrogen) atoms. The highest BCUT2D eigenvalue weighted by atomic mass is 32.3. The SMILES string of the molecule is CC(Cc1ncc(F)cn1)S(N)(O)O. The van der Waals surface area contributed by atoms with Gasteiger partial charge in [-0.15, -0.1) is 10.8 Å². The molecule has 1 atom stereocenters. The number of rotatable bonds is 3. The zero-order valence-electron chi connectivity index (χ0n) is 7.59. The lowest BCUT2D eigenvalue weighted by Gasteiger charge is -2.32. The first-order valence-electron chi connectivity index (χ1n) is 3.91. The molecule has 5 nitrogen and oxygen atoms in total. The van der Waals surface area contributed by atoms with Crippen molar-refractivity contribution in [1.82, 2.24) is 9.97 Å². The summed E-state index contributed by atoms with van der Waals surface area (Å²) in [5.74, 6) is -0.190. The maximum atomic E-state index is 12.4. The first-order chi connectivity index (χ1) is 6.39. The highest BCUT2D eigenvalue weighted by Crippen LogP contribution is 2.36. The maximum Gasteiger partial charge on any atom is 0.159 e. The van der Waals surface area contributed by atoms with Gasteiger partial charge in [0.15, 0.2) is 5.82 Å². The first kappa shape index (κ1) is 11.3. The van der Waals surface area contributed by atoms with Crippen LogP contribution in [0, 0.1) is 5.82 Å². The van der Waals surface area contributed by atoms with E-state index >= 15 is 0 Å². The molecule has 0 aromatic carbocycles. The Morgan fingerprint density at radius 3 is 2.43 bits per heavy atom. The van der Waals surface area contributed by atoms with Crippen molar-refractivity contribution in [3.05, 3.63) is 24.0 Å². The van der Waals surface area contributed by atoms with Crippen LogP contribution in [0.5, 0.6) is 0 Å². The van der Waals surface area contributed by atoms with Crippen LogP contribution in [0.25, 0.3) is 0 Å². The van der Waals surface area contributed by atoms with Gasteiger partial charge in [0, 0.05) is 6.42 Å². The summed E-state index contributed by atoms with van der Waals surface area (Å²) in [4.78, 5) is 7.36. The monoisotopic (exact) mass is 221 g/mol. The van der Waals surface area contributed by atoms with Crippen molar-refractivity contribution in [1.29, 1.82) is 0 Å². The summed E-state index contributed by atoms with van der Waals surface area (Å²) >= 11 is 0. The van der Waals surface area contributed by atoms with Crippen LogP contribution in [0.1, 0.15) is 12.7 Å². The molecule has 4 N–H and O–H groups in total. The van der Waals surface area contributed by atoms with E-state index in [0.717, 1.165) is 12.4 Å². The van der Waals surface area contributed by atoms with Gasteiger partial charge in [0.25, 0.3) is 0 Å². The largest absolute Gasteiger partial charge is 0.286 e. The van der Waals surface area contributed by atoms with E-state index in [1.807, 2.05) is 0 Å². The molecule has 0 saturated heterocycles. The summed E-state index contributed by atoms with van der Waals surface area (Å²) < 4.78 is 30.6. The minimum Gasteiger partial charge on any atom is -0.286 e. The predicted molar refractivity (Wildman–Crippen MR) is 52.2 cm³/mol. The van der Waals surface area contributed by atoms with Crippen LogP contribution in [0.2, 0.25) is 0 Å². The van der Waals surface area contributed by atoms with Crippen molar-refractivity contribution in [3.63, 3.8) is 0 Å². The molecule has 0 saturated carbocycles. The molecular formula is C7H12FN3O2S. The molecule has 0 aliphatic rings. The average Bonchev–Trinajstić information content (AvgIpc) is 2.07. The van der Waals surface area contributed by atoms with E-state index in [1.165, 1.54) is 0 Å². The van der Waals surface area contributed by atoms with E-state index in [2.05, 4.69) is 9.97 Å². The fraction of sp³-hybridized carbons (Fsp3) is 0.429. The molecule has 1 aromatic rings. The van der Waals surface area contributed by atoms with Crippen LogP contribution < -0.4 is 5.14 Å². The molecule has 1 aromatic heterocycles. The molecule has 0 aliphatic heterocycles.